The molecular formula is C32H23N2Si. The van der Waals surface area contributed by atoms with Gasteiger partial charge in [0.1, 0.15) is 8.80 Å². The van der Waals surface area contributed by atoms with E-state index in [0.717, 1.165) is 5.52 Å². The lowest BCUT2D eigenvalue weighted by Crippen LogP contribution is -2.47. The normalized spacial score (nSPS) is 13.1. The molecule has 5 aromatic carbocycles. The molecule has 0 unspecified atom stereocenters. The highest BCUT2D eigenvalue weighted by Crippen LogP contribution is 2.47. The Morgan fingerprint density at radius 2 is 1.14 bits per heavy atom. The average Bonchev–Trinajstić information content (AvgIpc) is 2.93. The molecule has 0 aliphatic carbocycles. The van der Waals surface area contributed by atoms with E-state index in [2.05, 4.69) is 127 Å². The van der Waals surface area contributed by atoms with Crippen molar-refractivity contribution in [1.29, 1.82) is 0 Å². The maximum absolute atomic E-state index is 4.97. The molecule has 0 saturated heterocycles. The average molecular weight is 464 g/mol. The van der Waals surface area contributed by atoms with E-state index in [4.69, 9.17) is 4.98 Å². The van der Waals surface area contributed by atoms with Crippen molar-refractivity contribution in [3.8, 4) is 11.1 Å². The fraction of sp³-hybridized carbons (Fsp3) is 0.0312. The van der Waals surface area contributed by atoms with Crippen LogP contribution in [0.4, 0.5) is 17.1 Å². The lowest BCUT2D eigenvalue weighted by Gasteiger charge is -2.37. The molecule has 165 valence electrons. The predicted octanol–water partition coefficient (Wildman–Crippen LogP) is 7.08. The van der Waals surface area contributed by atoms with Gasteiger partial charge in [-0.1, -0.05) is 97.5 Å². The number of hydrogen-bond acceptors (Lipinski definition) is 2. The van der Waals surface area contributed by atoms with Crippen molar-refractivity contribution in [2.45, 2.75) is 6.55 Å². The molecule has 0 N–H and O–H groups in total. The van der Waals surface area contributed by atoms with Crippen LogP contribution in [-0.2, 0) is 0 Å². The highest BCUT2D eigenvalue weighted by atomic mass is 28.3. The van der Waals surface area contributed by atoms with Gasteiger partial charge in [-0.25, -0.2) is 0 Å². The van der Waals surface area contributed by atoms with Crippen LogP contribution in [-0.4, -0.2) is 13.8 Å². The van der Waals surface area contributed by atoms with E-state index in [-0.39, 0.29) is 0 Å². The number of rotatable bonds is 2. The molecule has 1 aliphatic rings. The van der Waals surface area contributed by atoms with Crippen molar-refractivity contribution in [2.75, 3.05) is 4.90 Å². The molecule has 2 nitrogen and oxygen atoms in total. The van der Waals surface area contributed by atoms with Gasteiger partial charge in [-0.3, -0.25) is 4.98 Å². The summed E-state index contributed by atoms with van der Waals surface area (Å²) >= 11 is 0. The van der Waals surface area contributed by atoms with E-state index in [9.17, 15) is 0 Å². The molecule has 1 aromatic heterocycles. The van der Waals surface area contributed by atoms with Gasteiger partial charge in [0.15, 0.2) is 0 Å². The molecule has 0 saturated carbocycles. The van der Waals surface area contributed by atoms with Crippen molar-refractivity contribution in [3.63, 3.8) is 0 Å². The number of para-hydroxylation sites is 2. The summed E-state index contributed by atoms with van der Waals surface area (Å²) < 4.78 is 0. The van der Waals surface area contributed by atoms with Gasteiger partial charge < -0.3 is 4.90 Å². The highest BCUT2D eigenvalue weighted by molar-refractivity contribution is 6.87. The van der Waals surface area contributed by atoms with Crippen molar-refractivity contribution in [1.82, 2.24) is 4.98 Å². The molecule has 0 bridgehead atoms. The number of nitrogens with zero attached hydrogens (tertiary/aromatic N) is 2. The van der Waals surface area contributed by atoms with Crippen LogP contribution in [0.15, 0.2) is 121 Å². The van der Waals surface area contributed by atoms with E-state index in [1.807, 2.05) is 6.20 Å². The van der Waals surface area contributed by atoms with Gasteiger partial charge in [-0.2, -0.15) is 0 Å². The van der Waals surface area contributed by atoms with Crippen molar-refractivity contribution >= 4 is 57.9 Å². The predicted molar refractivity (Wildman–Crippen MR) is 150 cm³/mol. The summed E-state index contributed by atoms with van der Waals surface area (Å²) in [6.07, 6.45) is 1.92. The Morgan fingerprint density at radius 1 is 0.571 bits per heavy atom. The maximum Gasteiger partial charge on any atom is 0.123 e. The zero-order valence-corrected chi connectivity index (χ0v) is 20.4. The van der Waals surface area contributed by atoms with Crippen molar-refractivity contribution < 1.29 is 0 Å². The van der Waals surface area contributed by atoms with Crippen LogP contribution in [0.1, 0.15) is 0 Å². The first kappa shape index (κ1) is 20.2. The van der Waals surface area contributed by atoms with Crippen LogP contribution in [0.5, 0.6) is 0 Å². The van der Waals surface area contributed by atoms with Gasteiger partial charge in [0.2, 0.25) is 0 Å². The van der Waals surface area contributed by atoms with Gasteiger partial charge in [-0.05, 0) is 45.6 Å². The second-order valence-corrected chi connectivity index (χ2v) is 11.4. The summed E-state index contributed by atoms with van der Waals surface area (Å²) in [5, 5.41) is 6.53. The fourth-order valence-electron chi connectivity index (χ4n) is 5.60. The first-order chi connectivity index (χ1) is 17.3. The molecule has 3 heteroatoms. The molecule has 6 aromatic rings. The van der Waals surface area contributed by atoms with Gasteiger partial charge >= 0.3 is 0 Å². The SMILES string of the molecule is C[Si]1c2ccccc2N(c2c3ccccc3c(-c3ccccc3)c3ncccc23)c2ccccc21. The van der Waals surface area contributed by atoms with Gasteiger partial charge in [0.05, 0.1) is 11.2 Å². The molecule has 35 heavy (non-hydrogen) atoms. The molecule has 0 fully saturated rings. The van der Waals surface area contributed by atoms with Crippen LogP contribution < -0.4 is 15.3 Å². The summed E-state index contributed by atoms with van der Waals surface area (Å²) in [6.45, 7) is 2.41. The number of pyridine rings is 1. The van der Waals surface area contributed by atoms with Gasteiger partial charge in [0.25, 0.3) is 0 Å². The minimum atomic E-state index is -0.859. The van der Waals surface area contributed by atoms with E-state index in [0.29, 0.717) is 0 Å². The highest BCUT2D eigenvalue weighted by Gasteiger charge is 2.32. The zero-order valence-electron chi connectivity index (χ0n) is 19.4. The number of fused-ring (bicyclic) bond motifs is 4. The molecular weight excluding hydrogens is 440 g/mol. The van der Waals surface area contributed by atoms with E-state index in [1.54, 1.807) is 0 Å². The topological polar surface area (TPSA) is 16.1 Å². The third-order valence-electron chi connectivity index (χ3n) is 7.14. The summed E-state index contributed by atoms with van der Waals surface area (Å²) in [4.78, 5) is 7.46. The second kappa shape index (κ2) is 7.93. The number of anilines is 3. The van der Waals surface area contributed by atoms with E-state index < -0.39 is 8.80 Å². The van der Waals surface area contributed by atoms with Crippen LogP contribution in [0.2, 0.25) is 6.55 Å². The first-order valence-corrected chi connectivity index (χ1v) is 14.0. The Labute approximate surface area is 206 Å². The molecule has 2 heterocycles. The Kier molecular flexibility index (Phi) is 4.57. The second-order valence-electron chi connectivity index (χ2n) is 9.03. The Hall–Kier alpha value is -4.21. The Balaban J connectivity index is 1.66. The monoisotopic (exact) mass is 463 g/mol. The number of benzene rings is 5. The molecule has 0 amide bonds. The Bertz CT molecular complexity index is 1620. The quantitative estimate of drug-likeness (QED) is 0.202. The van der Waals surface area contributed by atoms with Crippen LogP contribution >= 0.6 is 0 Å². The van der Waals surface area contributed by atoms with Gasteiger partial charge in [0, 0.05) is 33.9 Å². The van der Waals surface area contributed by atoms with Crippen LogP contribution in [0.3, 0.4) is 0 Å². The lowest BCUT2D eigenvalue weighted by atomic mass is 9.92. The summed E-state index contributed by atoms with van der Waals surface area (Å²) in [7, 11) is -0.859. The van der Waals surface area contributed by atoms with Crippen LogP contribution in [0.25, 0.3) is 32.8 Å². The summed E-state index contributed by atoms with van der Waals surface area (Å²) in [6, 6.07) is 41.6. The Morgan fingerprint density at radius 3 is 1.86 bits per heavy atom. The molecule has 0 spiro atoms. The summed E-state index contributed by atoms with van der Waals surface area (Å²) in [5.41, 5.74) is 7.19. The van der Waals surface area contributed by atoms with Crippen molar-refractivity contribution in [2.24, 2.45) is 0 Å². The third kappa shape index (κ3) is 2.98. The van der Waals surface area contributed by atoms with Crippen molar-refractivity contribution in [3.05, 3.63) is 121 Å². The largest absolute Gasteiger partial charge is 0.309 e. The number of aromatic nitrogens is 1. The molecule has 1 radical (unpaired) electrons. The molecule has 7 rings (SSSR count). The summed E-state index contributed by atoms with van der Waals surface area (Å²) in [5.74, 6) is 0. The standard InChI is InChI=1S/C32H23N2Si/c1-35-28-19-9-7-17-26(28)34(27-18-8-10-20-29(27)35)32-24-15-6-5-14-23(24)30(22-12-3-2-4-13-22)31-25(32)16-11-21-33-31/h2-21H,1H3. The minimum Gasteiger partial charge on any atom is -0.309 e. The van der Waals surface area contributed by atoms with Gasteiger partial charge in [-0.15, -0.1) is 0 Å². The van der Waals surface area contributed by atoms with Crippen LogP contribution in [0, 0.1) is 0 Å². The fourth-order valence-corrected chi connectivity index (χ4v) is 7.74. The number of hydrogen-bond donors (Lipinski definition) is 0. The smallest absolute Gasteiger partial charge is 0.123 e. The third-order valence-corrected chi connectivity index (χ3v) is 9.60. The van der Waals surface area contributed by atoms with E-state index in [1.165, 1.54) is 54.7 Å². The molecule has 0 atom stereocenters. The molecule has 1 aliphatic heterocycles. The zero-order chi connectivity index (χ0) is 23.4. The lowest BCUT2D eigenvalue weighted by molar-refractivity contribution is 1.31. The van der Waals surface area contributed by atoms with E-state index >= 15 is 0 Å². The minimum absolute atomic E-state index is 0.859. The first-order valence-electron chi connectivity index (χ1n) is 12.0. The maximum atomic E-state index is 4.97.